The predicted octanol–water partition coefficient (Wildman–Crippen LogP) is 6.37. The summed E-state index contributed by atoms with van der Waals surface area (Å²) in [6, 6.07) is 27.2. The summed E-state index contributed by atoms with van der Waals surface area (Å²) in [5, 5.41) is 28.7. The van der Waals surface area contributed by atoms with Gasteiger partial charge in [0.2, 0.25) is 25.9 Å². The van der Waals surface area contributed by atoms with Gasteiger partial charge in [-0.05, 0) is 129 Å². The van der Waals surface area contributed by atoms with E-state index >= 15 is 8.42 Å². The van der Waals surface area contributed by atoms with Crippen LogP contribution < -0.4 is 35.3 Å². The number of carboxylic acid groups (broad SMARTS) is 1. The first-order valence-electron chi connectivity index (χ1n) is 23.8. The van der Waals surface area contributed by atoms with Gasteiger partial charge in [-0.25, -0.2) is 31.1 Å². The van der Waals surface area contributed by atoms with Gasteiger partial charge < -0.3 is 45.3 Å². The number of benzene rings is 5. The number of alkyl carbamates (subject to hydrolysis) is 1. The van der Waals surface area contributed by atoms with Crippen molar-refractivity contribution < 1.29 is 55.3 Å². The van der Waals surface area contributed by atoms with E-state index in [1.54, 1.807) is 114 Å². The van der Waals surface area contributed by atoms with Crippen molar-refractivity contribution >= 4 is 43.8 Å². The molecular weight excluding hydrogens is 1020 g/mol. The molecule has 3 amide bonds. The Hall–Kier alpha value is -7.80. The third-order valence-electron chi connectivity index (χ3n) is 11.6. The molecule has 406 valence electrons. The highest BCUT2D eigenvalue weighted by Crippen LogP contribution is 2.42. The number of tetrazole rings is 1. The number of amides is 3. The topological polar surface area (TPSA) is 289 Å². The van der Waals surface area contributed by atoms with Gasteiger partial charge in [0.05, 0.1) is 39.0 Å². The number of hydrogen-bond donors (Lipinski definition) is 5. The minimum Gasteiger partial charge on any atom is -0.497 e. The Balaban J connectivity index is 1.59. The maximum absolute atomic E-state index is 16.2. The lowest BCUT2D eigenvalue weighted by Gasteiger charge is -2.33. The fourth-order valence-corrected chi connectivity index (χ4v) is 11.2. The van der Waals surface area contributed by atoms with Crippen LogP contribution in [-0.4, -0.2) is 128 Å². The van der Waals surface area contributed by atoms with E-state index < -0.39 is 65.6 Å². The molecule has 0 unspecified atom stereocenters. The smallest absolute Gasteiger partial charge is 0.407 e. The number of methoxy groups -OCH3 is 3. The average Bonchev–Trinajstić information content (AvgIpc) is 3.85. The fourth-order valence-electron chi connectivity index (χ4n) is 7.78. The SMILES string of the molecule is COc1ccc(CN(Cc2ccc(OC)cc2)S(=O)(=O)c2c(S(=O)(=O)NCCN(C(=O)O)C(C)(C)C)ccc(-c3ccc(N)c(C(=O)NCCNC(=O)OC(C)(C)C)c3)c2-c2nnn(Cc3ccc(OC)cc3)n2)cc1. The van der Waals surface area contributed by atoms with Crippen molar-refractivity contribution in [3.63, 3.8) is 0 Å². The highest BCUT2D eigenvalue weighted by molar-refractivity contribution is 7.92. The first-order valence-corrected chi connectivity index (χ1v) is 26.7. The Bertz CT molecular complexity index is 3180. The molecule has 5 aromatic carbocycles. The van der Waals surface area contributed by atoms with Crippen molar-refractivity contribution in [2.75, 3.05) is 53.2 Å². The van der Waals surface area contributed by atoms with Crippen LogP contribution in [0.2, 0.25) is 0 Å². The molecule has 6 N–H and O–H groups in total. The number of nitrogens with zero attached hydrogens (tertiary/aromatic N) is 6. The lowest BCUT2D eigenvalue weighted by molar-refractivity contribution is 0.0526. The number of sulfonamides is 2. The van der Waals surface area contributed by atoms with Crippen molar-refractivity contribution in [1.29, 1.82) is 0 Å². The molecule has 0 radical (unpaired) electrons. The molecule has 0 spiro atoms. The molecule has 0 fully saturated rings. The van der Waals surface area contributed by atoms with Gasteiger partial charge in [-0.2, -0.15) is 9.10 Å². The number of ether oxygens (including phenoxy) is 4. The Morgan fingerprint density at radius 3 is 1.76 bits per heavy atom. The van der Waals surface area contributed by atoms with Crippen LogP contribution in [-0.2, 0) is 44.4 Å². The van der Waals surface area contributed by atoms with E-state index in [1.165, 1.54) is 50.4 Å². The molecule has 76 heavy (non-hydrogen) atoms. The number of aromatic nitrogens is 4. The van der Waals surface area contributed by atoms with Crippen LogP contribution in [0.4, 0.5) is 15.3 Å². The van der Waals surface area contributed by atoms with Crippen molar-refractivity contribution in [1.82, 2.24) is 44.8 Å². The molecule has 0 saturated heterocycles. The van der Waals surface area contributed by atoms with Gasteiger partial charge in [-0.1, -0.05) is 48.5 Å². The van der Waals surface area contributed by atoms with E-state index in [1.807, 2.05) is 0 Å². The molecule has 24 heteroatoms. The summed E-state index contributed by atoms with van der Waals surface area (Å²) in [5.74, 6) is 0.650. The van der Waals surface area contributed by atoms with Crippen molar-refractivity contribution in [3.05, 3.63) is 125 Å². The lowest BCUT2D eigenvalue weighted by Crippen LogP contribution is -2.48. The van der Waals surface area contributed by atoms with E-state index in [9.17, 15) is 27.9 Å². The zero-order chi connectivity index (χ0) is 55.6. The van der Waals surface area contributed by atoms with Gasteiger partial charge in [-0.3, -0.25) is 4.79 Å². The van der Waals surface area contributed by atoms with Gasteiger partial charge in [0, 0.05) is 50.5 Å². The summed E-state index contributed by atoms with van der Waals surface area (Å²) in [4.78, 5) is 39.2. The maximum atomic E-state index is 16.2. The highest BCUT2D eigenvalue weighted by Gasteiger charge is 2.38. The molecule has 22 nitrogen and oxygen atoms in total. The Morgan fingerprint density at radius 1 is 0.711 bits per heavy atom. The summed E-state index contributed by atoms with van der Waals surface area (Å²) >= 11 is 0. The molecule has 6 aromatic rings. The van der Waals surface area contributed by atoms with Crippen molar-refractivity contribution in [3.8, 4) is 39.8 Å². The molecule has 1 heterocycles. The van der Waals surface area contributed by atoms with Crippen LogP contribution in [0.5, 0.6) is 17.2 Å². The largest absolute Gasteiger partial charge is 0.497 e. The van der Waals surface area contributed by atoms with Crippen LogP contribution in [0.1, 0.15) is 68.6 Å². The number of anilines is 1. The summed E-state index contributed by atoms with van der Waals surface area (Å²) < 4.78 is 87.2. The number of hydrogen-bond acceptors (Lipinski definition) is 15. The summed E-state index contributed by atoms with van der Waals surface area (Å²) in [5.41, 5.74) is 6.40. The molecule has 0 aliphatic rings. The molecule has 0 bridgehead atoms. The van der Waals surface area contributed by atoms with Crippen molar-refractivity contribution in [2.24, 2.45) is 0 Å². The number of nitrogens with two attached hydrogens (primary N) is 1. The van der Waals surface area contributed by atoms with E-state index in [2.05, 4.69) is 30.8 Å². The molecule has 0 aliphatic carbocycles. The van der Waals surface area contributed by atoms with Crippen LogP contribution in [0.3, 0.4) is 0 Å². The summed E-state index contributed by atoms with van der Waals surface area (Å²) in [6.07, 6.45) is -1.98. The second kappa shape index (κ2) is 24.3. The minimum atomic E-state index is -5.09. The van der Waals surface area contributed by atoms with E-state index in [-0.39, 0.29) is 73.0 Å². The Kier molecular flexibility index (Phi) is 18.3. The standard InChI is InChI=1S/C52H64N10O12S2/c1-51(2,3)61(50(65)66)29-28-56-75(67,68)44-25-23-41(37-16-24-43(53)42(30-37)48(63)54-26-27-55-49(64)74-52(4,5)6)45(47-57-59-62(58-47)33-36-14-21-40(73-9)22-15-36)46(44)76(69,70)60(31-34-10-17-38(71-7)18-11-34)32-35-12-19-39(72-8)20-13-35/h10-25,30,56H,26-29,31-33,53H2,1-9H3,(H,54,63)(H,55,64)(H,65,66). The monoisotopic (exact) mass is 1080 g/mol. The zero-order valence-electron chi connectivity index (χ0n) is 43.8. The first-order chi connectivity index (χ1) is 35.8. The lowest BCUT2D eigenvalue weighted by atomic mass is 9.96. The summed E-state index contributed by atoms with van der Waals surface area (Å²) in [7, 11) is -5.47. The van der Waals surface area contributed by atoms with Gasteiger partial charge in [0.15, 0.2) is 0 Å². The van der Waals surface area contributed by atoms with Crippen LogP contribution in [0.25, 0.3) is 22.5 Å². The molecule has 0 aliphatic heterocycles. The molecular formula is C52H64N10O12S2. The number of nitrogens with one attached hydrogen (secondary N) is 3. The number of nitrogen functional groups attached to an aromatic ring is 1. The van der Waals surface area contributed by atoms with Crippen LogP contribution in [0.15, 0.2) is 113 Å². The number of rotatable bonds is 22. The second-order valence-electron chi connectivity index (χ2n) is 19.3. The number of carbonyl (C=O) groups excluding carboxylic acids is 2. The quantitative estimate of drug-likeness (QED) is 0.0365. The molecule has 0 atom stereocenters. The van der Waals surface area contributed by atoms with E-state index in [0.29, 0.717) is 33.9 Å². The van der Waals surface area contributed by atoms with Crippen LogP contribution >= 0.6 is 0 Å². The van der Waals surface area contributed by atoms with Gasteiger partial charge in [0.25, 0.3) is 5.91 Å². The Labute approximate surface area is 442 Å². The zero-order valence-corrected chi connectivity index (χ0v) is 45.4. The number of carbonyl (C=O) groups is 3. The van der Waals surface area contributed by atoms with Gasteiger partial charge in [-0.15, -0.1) is 10.2 Å². The normalized spacial score (nSPS) is 12.0. The maximum Gasteiger partial charge on any atom is 0.407 e. The molecule has 1 aromatic heterocycles. The Morgan fingerprint density at radius 2 is 1.25 bits per heavy atom. The van der Waals surface area contributed by atoms with E-state index in [4.69, 9.17) is 24.7 Å². The minimum absolute atomic E-state index is 0.00153. The predicted molar refractivity (Wildman–Crippen MR) is 284 cm³/mol. The van der Waals surface area contributed by atoms with Gasteiger partial charge >= 0.3 is 12.2 Å². The van der Waals surface area contributed by atoms with Crippen molar-refractivity contribution in [2.45, 2.75) is 82.1 Å². The third-order valence-corrected chi connectivity index (χ3v) is 15.1. The highest BCUT2D eigenvalue weighted by atomic mass is 32.2. The summed E-state index contributed by atoms with van der Waals surface area (Å²) in [6.45, 7) is 8.75. The van der Waals surface area contributed by atoms with Crippen LogP contribution in [0, 0.1) is 0 Å². The first kappa shape index (κ1) is 57.5. The molecule has 0 saturated carbocycles. The second-order valence-corrected chi connectivity index (χ2v) is 22.9. The van der Waals surface area contributed by atoms with E-state index in [0.717, 1.165) is 15.3 Å². The molecule has 6 rings (SSSR count). The van der Waals surface area contributed by atoms with Gasteiger partial charge in [0.1, 0.15) is 32.6 Å². The average molecular weight is 1090 g/mol. The fraction of sp³-hybridized carbons (Fsp3) is 0.346. The third kappa shape index (κ3) is 14.7.